The number of thioether (sulfide) groups is 1. The number of hydrogen-bond donors (Lipinski definition) is 1. The number of fused-ring (bicyclic) bond motifs is 1. The first kappa shape index (κ1) is 20.2. The van der Waals surface area contributed by atoms with E-state index in [2.05, 4.69) is 30.4 Å². The maximum Gasteiger partial charge on any atom is 0.230 e. The van der Waals surface area contributed by atoms with Gasteiger partial charge in [0.1, 0.15) is 5.75 Å². The van der Waals surface area contributed by atoms with Crippen LogP contribution in [0.15, 0.2) is 59.6 Å². The normalized spacial score (nSPS) is 12.0. The van der Waals surface area contributed by atoms with Gasteiger partial charge in [-0.25, -0.2) is 4.98 Å². The standard InChI is InChI=1S/C23H26N2O2S/c1-4-8-16(2)24-22(26)15-28-23-14-20(17-9-6-5-7-10-17)19-12-11-18(27-3)13-21(19)25-23/h5-7,9-14,16H,4,8,15H2,1-3H3,(H,24,26)/t16-/m1/s1. The Bertz CT molecular complexity index is 944. The van der Waals surface area contributed by atoms with Crippen molar-refractivity contribution in [1.29, 1.82) is 0 Å². The van der Waals surface area contributed by atoms with E-state index in [4.69, 9.17) is 9.72 Å². The van der Waals surface area contributed by atoms with Crippen LogP contribution >= 0.6 is 11.8 Å². The topological polar surface area (TPSA) is 51.2 Å². The zero-order valence-corrected chi connectivity index (χ0v) is 17.4. The van der Waals surface area contributed by atoms with Crippen molar-refractivity contribution in [3.05, 3.63) is 54.6 Å². The van der Waals surface area contributed by atoms with Crippen molar-refractivity contribution in [1.82, 2.24) is 10.3 Å². The van der Waals surface area contributed by atoms with Crippen LogP contribution in [0.2, 0.25) is 0 Å². The number of rotatable bonds is 8. The van der Waals surface area contributed by atoms with E-state index in [0.717, 1.165) is 45.6 Å². The highest BCUT2D eigenvalue weighted by Gasteiger charge is 2.12. The molecule has 2 aromatic carbocycles. The van der Waals surface area contributed by atoms with Crippen LogP contribution in [0.3, 0.4) is 0 Å². The van der Waals surface area contributed by atoms with E-state index >= 15 is 0 Å². The fourth-order valence-electron chi connectivity index (χ4n) is 3.20. The van der Waals surface area contributed by atoms with Gasteiger partial charge in [-0.3, -0.25) is 4.79 Å². The first-order chi connectivity index (χ1) is 13.6. The molecule has 28 heavy (non-hydrogen) atoms. The second-order valence-corrected chi connectivity index (χ2v) is 7.80. The third kappa shape index (κ3) is 5.04. The van der Waals surface area contributed by atoms with E-state index in [9.17, 15) is 4.79 Å². The highest BCUT2D eigenvalue weighted by molar-refractivity contribution is 7.99. The number of benzene rings is 2. The van der Waals surface area contributed by atoms with Gasteiger partial charge in [0.05, 0.1) is 23.4 Å². The molecule has 1 heterocycles. The molecule has 0 bridgehead atoms. The van der Waals surface area contributed by atoms with Crippen LogP contribution in [0.25, 0.3) is 22.0 Å². The summed E-state index contributed by atoms with van der Waals surface area (Å²) >= 11 is 1.46. The molecule has 0 aliphatic carbocycles. The number of nitrogens with one attached hydrogen (secondary N) is 1. The largest absolute Gasteiger partial charge is 0.497 e. The Kier molecular flexibility index (Phi) is 6.93. The lowest BCUT2D eigenvalue weighted by molar-refractivity contribution is -0.119. The van der Waals surface area contributed by atoms with Crippen molar-refractivity contribution < 1.29 is 9.53 Å². The van der Waals surface area contributed by atoms with Gasteiger partial charge >= 0.3 is 0 Å². The highest BCUT2D eigenvalue weighted by atomic mass is 32.2. The van der Waals surface area contributed by atoms with Crippen LogP contribution in [-0.2, 0) is 4.79 Å². The molecule has 0 aliphatic rings. The SMILES string of the molecule is CCC[C@@H](C)NC(=O)CSc1cc(-c2ccccc2)c2ccc(OC)cc2n1. The van der Waals surface area contributed by atoms with Crippen molar-refractivity contribution in [3.63, 3.8) is 0 Å². The Labute approximate surface area is 170 Å². The molecule has 5 heteroatoms. The van der Waals surface area contributed by atoms with Gasteiger partial charge in [0.25, 0.3) is 0 Å². The molecule has 1 atom stereocenters. The van der Waals surface area contributed by atoms with E-state index in [1.807, 2.05) is 43.3 Å². The monoisotopic (exact) mass is 394 g/mol. The van der Waals surface area contributed by atoms with Gasteiger partial charge in [-0.15, -0.1) is 0 Å². The molecule has 1 aromatic heterocycles. The number of hydrogen-bond acceptors (Lipinski definition) is 4. The molecule has 3 aromatic rings. The molecule has 1 N–H and O–H groups in total. The van der Waals surface area contributed by atoms with Crippen LogP contribution in [0.5, 0.6) is 5.75 Å². The predicted molar refractivity (Wildman–Crippen MR) is 117 cm³/mol. The molecule has 0 unspecified atom stereocenters. The molecule has 146 valence electrons. The van der Waals surface area contributed by atoms with Gasteiger partial charge in [-0.05, 0) is 42.7 Å². The summed E-state index contributed by atoms with van der Waals surface area (Å²) in [5, 5.41) is 4.94. The summed E-state index contributed by atoms with van der Waals surface area (Å²) in [5.74, 6) is 1.16. The molecule has 0 saturated heterocycles. The van der Waals surface area contributed by atoms with Gasteiger partial charge < -0.3 is 10.1 Å². The maximum absolute atomic E-state index is 12.2. The zero-order chi connectivity index (χ0) is 19.9. The Morgan fingerprint density at radius 1 is 1.18 bits per heavy atom. The van der Waals surface area contributed by atoms with Gasteiger partial charge in [0.15, 0.2) is 0 Å². The summed E-state index contributed by atoms with van der Waals surface area (Å²) in [4.78, 5) is 17.0. The Balaban J connectivity index is 1.89. The first-order valence-corrected chi connectivity index (χ1v) is 10.6. The number of pyridine rings is 1. The average Bonchev–Trinajstić information content (AvgIpc) is 2.72. The number of methoxy groups -OCH3 is 1. The van der Waals surface area contributed by atoms with Crippen molar-refractivity contribution in [2.45, 2.75) is 37.8 Å². The molecule has 0 spiro atoms. The third-order valence-electron chi connectivity index (χ3n) is 4.56. The summed E-state index contributed by atoms with van der Waals surface area (Å²) in [5.41, 5.74) is 3.10. The van der Waals surface area contributed by atoms with Crippen LogP contribution < -0.4 is 10.1 Å². The lowest BCUT2D eigenvalue weighted by Crippen LogP contribution is -2.33. The molecular weight excluding hydrogens is 368 g/mol. The minimum atomic E-state index is 0.0414. The number of carbonyl (C=O) groups is 1. The third-order valence-corrected chi connectivity index (χ3v) is 5.47. The Hall–Kier alpha value is -2.53. The zero-order valence-electron chi connectivity index (χ0n) is 16.6. The van der Waals surface area contributed by atoms with Crippen molar-refractivity contribution in [2.24, 2.45) is 0 Å². The van der Waals surface area contributed by atoms with Crippen LogP contribution in [0, 0.1) is 0 Å². The van der Waals surface area contributed by atoms with Crippen molar-refractivity contribution in [3.8, 4) is 16.9 Å². The van der Waals surface area contributed by atoms with Gasteiger partial charge in [-0.1, -0.05) is 55.4 Å². The van der Waals surface area contributed by atoms with E-state index in [-0.39, 0.29) is 11.9 Å². The maximum atomic E-state index is 12.2. The Morgan fingerprint density at radius 2 is 1.96 bits per heavy atom. The number of nitrogens with zero attached hydrogens (tertiary/aromatic N) is 1. The molecule has 0 fully saturated rings. The Morgan fingerprint density at radius 3 is 2.68 bits per heavy atom. The molecule has 0 aliphatic heterocycles. The fourth-order valence-corrected chi connectivity index (χ4v) is 3.93. The number of ether oxygens (including phenoxy) is 1. The first-order valence-electron chi connectivity index (χ1n) is 9.57. The number of amides is 1. The average molecular weight is 395 g/mol. The van der Waals surface area contributed by atoms with Gasteiger partial charge in [0.2, 0.25) is 5.91 Å². The molecule has 0 saturated carbocycles. The van der Waals surface area contributed by atoms with Crippen LogP contribution in [-0.4, -0.2) is 29.8 Å². The lowest BCUT2D eigenvalue weighted by Gasteiger charge is -2.13. The molecule has 3 rings (SSSR count). The summed E-state index contributed by atoms with van der Waals surface area (Å²) in [6.07, 6.45) is 2.05. The van der Waals surface area contributed by atoms with Crippen molar-refractivity contribution in [2.75, 3.05) is 12.9 Å². The summed E-state index contributed by atoms with van der Waals surface area (Å²) in [6, 6.07) is 18.4. The minimum Gasteiger partial charge on any atom is -0.497 e. The number of carbonyl (C=O) groups excluding carboxylic acids is 1. The van der Waals surface area contributed by atoms with Crippen molar-refractivity contribution >= 4 is 28.6 Å². The summed E-state index contributed by atoms with van der Waals surface area (Å²) in [7, 11) is 1.65. The van der Waals surface area contributed by atoms with Gasteiger partial charge in [-0.2, -0.15) is 0 Å². The summed E-state index contributed by atoms with van der Waals surface area (Å²) in [6.45, 7) is 4.16. The van der Waals surface area contributed by atoms with E-state index in [1.54, 1.807) is 7.11 Å². The minimum absolute atomic E-state index is 0.0414. The van der Waals surface area contributed by atoms with E-state index < -0.39 is 0 Å². The molecular formula is C23H26N2O2S. The summed E-state index contributed by atoms with van der Waals surface area (Å²) < 4.78 is 5.36. The number of aromatic nitrogens is 1. The molecule has 4 nitrogen and oxygen atoms in total. The van der Waals surface area contributed by atoms with E-state index in [0.29, 0.717) is 5.75 Å². The lowest BCUT2D eigenvalue weighted by atomic mass is 10.0. The van der Waals surface area contributed by atoms with Crippen LogP contribution in [0.1, 0.15) is 26.7 Å². The van der Waals surface area contributed by atoms with E-state index in [1.165, 1.54) is 11.8 Å². The second-order valence-electron chi connectivity index (χ2n) is 6.80. The van der Waals surface area contributed by atoms with Crippen LogP contribution in [0.4, 0.5) is 0 Å². The quantitative estimate of drug-likeness (QED) is 0.526. The van der Waals surface area contributed by atoms with Gasteiger partial charge in [0, 0.05) is 17.5 Å². The highest BCUT2D eigenvalue weighted by Crippen LogP contribution is 2.33. The smallest absolute Gasteiger partial charge is 0.230 e. The predicted octanol–water partition coefficient (Wildman–Crippen LogP) is 5.31. The molecule has 1 amide bonds. The molecule has 0 radical (unpaired) electrons. The fraction of sp³-hybridized carbons (Fsp3) is 0.304. The second kappa shape index (κ2) is 9.60.